The summed E-state index contributed by atoms with van der Waals surface area (Å²) >= 11 is 1.61. The van der Waals surface area contributed by atoms with Crippen molar-refractivity contribution in [2.45, 2.75) is 11.8 Å². The van der Waals surface area contributed by atoms with Crippen molar-refractivity contribution in [2.75, 3.05) is 6.26 Å². The van der Waals surface area contributed by atoms with Gasteiger partial charge in [-0.3, -0.25) is 4.79 Å². The minimum absolute atomic E-state index is 0.346. The molecule has 2 aromatic carbocycles. The molecular weight excluding hydrogens is 308 g/mol. The molecule has 0 fully saturated rings. The fourth-order valence-electron chi connectivity index (χ4n) is 2.36. The first-order valence-electron chi connectivity index (χ1n) is 7.16. The zero-order valence-corrected chi connectivity index (χ0v) is 13.7. The molecule has 0 unspecified atom stereocenters. The average molecular weight is 324 g/mol. The van der Waals surface area contributed by atoms with Crippen LogP contribution in [0.25, 0.3) is 16.9 Å². The van der Waals surface area contributed by atoms with Gasteiger partial charge in [-0.15, -0.1) is 11.8 Å². The van der Waals surface area contributed by atoms with E-state index in [9.17, 15) is 9.59 Å². The number of benzene rings is 2. The number of hydrogen-bond acceptors (Lipinski definition) is 3. The van der Waals surface area contributed by atoms with E-state index in [1.54, 1.807) is 23.9 Å². The largest absolute Gasteiger partial charge is 0.333 e. The minimum Gasteiger partial charge on any atom is -0.306 e. The van der Waals surface area contributed by atoms with E-state index in [4.69, 9.17) is 0 Å². The number of aryl methyl sites for hydroxylation is 1. The van der Waals surface area contributed by atoms with Crippen molar-refractivity contribution < 1.29 is 0 Å². The van der Waals surface area contributed by atoms with Crippen LogP contribution in [0.5, 0.6) is 0 Å². The minimum atomic E-state index is -0.440. The Hall–Kier alpha value is -2.53. The molecule has 1 heterocycles. The molecule has 0 aliphatic rings. The van der Waals surface area contributed by atoms with Crippen LogP contribution in [0, 0.1) is 6.92 Å². The van der Waals surface area contributed by atoms with Crippen LogP contribution in [0.15, 0.2) is 69.1 Å². The van der Waals surface area contributed by atoms with Crippen LogP contribution < -0.4 is 11.2 Å². The van der Waals surface area contributed by atoms with Gasteiger partial charge in [-0.05, 0) is 43.0 Å². The van der Waals surface area contributed by atoms with Gasteiger partial charge in [0.15, 0.2) is 0 Å². The predicted octanol–water partition coefficient (Wildman–Crippen LogP) is 3.22. The maximum Gasteiger partial charge on any atom is 0.333 e. The monoisotopic (exact) mass is 324 g/mol. The summed E-state index contributed by atoms with van der Waals surface area (Å²) in [6, 6.07) is 16.4. The fraction of sp³-hybridized carbons (Fsp3) is 0.111. The average Bonchev–Trinajstić information content (AvgIpc) is 2.55. The van der Waals surface area contributed by atoms with Gasteiger partial charge >= 0.3 is 5.69 Å². The highest BCUT2D eigenvalue weighted by Gasteiger charge is 2.08. The number of aromatic nitrogens is 2. The Morgan fingerprint density at radius 3 is 2.17 bits per heavy atom. The quantitative estimate of drug-likeness (QED) is 0.753. The summed E-state index contributed by atoms with van der Waals surface area (Å²) in [7, 11) is 0. The van der Waals surface area contributed by atoms with E-state index in [1.165, 1.54) is 6.07 Å². The number of thioether (sulfide) groups is 1. The summed E-state index contributed by atoms with van der Waals surface area (Å²) in [4.78, 5) is 28.6. The molecule has 1 N–H and O–H groups in total. The molecule has 3 aromatic rings. The fourth-order valence-corrected chi connectivity index (χ4v) is 2.77. The summed E-state index contributed by atoms with van der Waals surface area (Å²) < 4.78 is 1.14. The van der Waals surface area contributed by atoms with E-state index < -0.39 is 5.69 Å². The molecule has 0 radical (unpaired) electrons. The smallest absolute Gasteiger partial charge is 0.306 e. The first-order chi connectivity index (χ1) is 11.1. The number of nitrogens with one attached hydrogen (secondary N) is 1. The van der Waals surface area contributed by atoms with Crippen LogP contribution in [-0.2, 0) is 0 Å². The standard InChI is InChI=1S/C18H16N2O2S/c1-12-3-5-13(6-4-12)16-11-17(21)20(18(22)19-16)14-7-9-15(23-2)10-8-14/h3-11H,1-2H3,(H,19,22). The molecule has 1 aromatic heterocycles. The maximum absolute atomic E-state index is 12.4. The van der Waals surface area contributed by atoms with Gasteiger partial charge in [-0.1, -0.05) is 29.8 Å². The third-order valence-electron chi connectivity index (χ3n) is 3.63. The molecule has 0 bridgehead atoms. The van der Waals surface area contributed by atoms with E-state index in [-0.39, 0.29) is 5.56 Å². The predicted molar refractivity (Wildman–Crippen MR) is 94.6 cm³/mol. The number of nitrogens with zero attached hydrogens (tertiary/aromatic N) is 1. The molecule has 0 spiro atoms. The molecule has 0 saturated carbocycles. The van der Waals surface area contributed by atoms with Crippen LogP contribution >= 0.6 is 11.8 Å². The molecule has 3 rings (SSSR count). The van der Waals surface area contributed by atoms with Crippen molar-refractivity contribution in [1.82, 2.24) is 9.55 Å². The Kier molecular flexibility index (Phi) is 4.21. The lowest BCUT2D eigenvalue weighted by Gasteiger charge is -2.07. The Labute approximate surface area is 137 Å². The van der Waals surface area contributed by atoms with E-state index in [2.05, 4.69) is 4.98 Å². The maximum atomic E-state index is 12.4. The Morgan fingerprint density at radius 2 is 1.61 bits per heavy atom. The van der Waals surface area contributed by atoms with Crippen molar-refractivity contribution in [2.24, 2.45) is 0 Å². The highest BCUT2D eigenvalue weighted by molar-refractivity contribution is 7.98. The highest BCUT2D eigenvalue weighted by Crippen LogP contribution is 2.17. The van der Waals surface area contributed by atoms with Gasteiger partial charge in [0.05, 0.1) is 11.4 Å². The number of hydrogen-bond donors (Lipinski definition) is 1. The van der Waals surface area contributed by atoms with Gasteiger partial charge in [-0.2, -0.15) is 0 Å². The van der Waals surface area contributed by atoms with Crippen LogP contribution in [0.2, 0.25) is 0 Å². The van der Waals surface area contributed by atoms with E-state index >= 15 is 0 Å². The van der Waals surface area contributed by atoms with Crippen molar-refractivity contribution in [3.63, 3.8) is 0 Å². The summed E-state index contributed by atoms with van der Waals surface area (Å²) in [5, 5.41) is 0. The summed E-state index contributed by atoms with van der Waals surface area (Å²) in [5.74, 6) is 0. The Balaban J connectivity index is 2.08. The van der Waals surface area contributed by atoms with Crippen molar-refractivity contribution in [3.05, 3.63) is 81.0 Å². The van der Waals surface area contributed by atoms with E-state index in [1.807, 2.05) is 49.6 Å². The zero-order chi connectivity index (χ0) is 16.4. The highest BCUT2D eigenvalue weighted by atomic mass is 32.2. The molecule has 0 saturated heterocycles. The molecule has 0 atom stereocenters. The molecule has 0 aliphatic heterocycles. The van der Waals surface area contributed by atoms with Crippen LogP contribution in [-0.4, -0.2) is 15.8 Å². The lowest BCUT2D eigenvalue weighted by atomic mass is 10.1. The summed E-state index contributed by atoms with van der Waals surface area (Å²) in [5.41, 5.74) is 2.24. The van der Waals surface area contributed by atoms with Crippen LogP contribution in [0.1, 0.15) is 5.56 Å². The van der Waals surface area contributed by atoms with Crippen molar-refractivity contribution in [3.8, 4) is 16.9 Å². The SMILES string of the molecule is CSc1ccc(-n2c(=O)cc(-c3ccc(C)cc3)[nH]c2=O)cc1. The van der Waals surface area contributed by atoms with Gasteiger partial charge in [0, 0.05) is 11.0 Å². The second-order valence-corrected chi connectivity index (χ2v) is 6.11. The second-order valence-electron chi connectivity index (χ2n) is 5.23. The lowest BCUT2D eigenvalue weighted by molar-refractivity contribution is 0.878. The third-order valence-corrected chi connectivity index (χ3v) is 4.37. The molecule has 116 valence electrons. The molecule has 5 heteroatoms. The summed E-state index contributed by atoms with van der Waals surface area (Å²) in [6.45, 7) is 1.99. The number of rotatable bonds is 3. The normalized spacial score (nSPS) is 10.7. The number of H-pyrrole nitrogens is 1. The molecule has 4 nitrogen and oxygen atoms in total. The molecule has 23 heavy (non-hydrogen) atoms. The Morgan fingerprint density at radius 1 is 0.957 bits per heavy atom. The molecule has 0 aliphatic carbocycles. The van der Waals surface area contributed by atoms with E-state index in [0.717, 1.165) is 20.6 Å². The van der Waals surface area contributed by atoms with Gasteiger partial charge in [0.1, 0.15) is 0 Å². The first-order valence-corrected chi connectivity index (χ1v) is 8.39. The van der Waals surface area contributed by atoms with Crippen LogP contribution in [0.4, 0.5) is 0 Å². The summed E-state index contributed by atoms with van der Waals surface area (Å²) in [6.07, 6.45) is 1.98. The van der Waals surface area contributed by atoms with E-state index in [0.29, 0.717) is 11.4 Å². The second kappa shape index (κ2) is 6.30. The van der Waals surface area contributed by atoms with Crippen molar-refractivity contribution in [1.29, 1.82) is 0 Å². The zero-order valence-electron chi connectivity index (χ0n) is 12.9. The topological polar surface area (TPSA) is 54.9 Å². The number of aromatic amines is 1. The van der Waals surface area contributed by atoms with Gasteiger partial charge in [-0.25, -0.2) is 9.36 Å². The molecular formula is C18H16N2O2S. The van der Waals surface area contributed by atoms with Gasteiger partial charge in [0.2, 0.25) is 0 Å². The lowest BCUT2D eigenvalue weighted by Crippen LogP contribution is -2.33. The van der Waals surface area contributed by atoms with Crippen LogP contribution in [0.3, 0.4) is 0 Å². The van der Waals surface area contributed by atoms with Gasteiger partial charge in [0.25, 0.3) is 5.56 Å². The van der Waals surface area contributed by atoms with Gasteiger partial charge < -0.3 is 4.98 Å². The third kappa shape index (κ3) is 3.14. The first kappa shape index (κ1) is 15.4. The molecule has 0 amide bonds. The Bertz CT molecular complexity index is 907. The van der Waals surface area contributed by atoms with Crippen molar-refractivity contribution >= 4 is 11.8 Å².